The van der Waals surface area contributed by atoms with Crippen LogP contribution in [0.4, 0.5) is 0 Å². The Morgan fingerprint density at radius 3 is 2.70 bits per heavy atom. The molecule has 0 heterocycles. The lowest BCUT2D eigenvalue weighted by Gasteiger charge is -2.09. The van der Waals surface area contributed by atoms with Crippen LogP contribution in [0.2, 0.25) is 0 Å². The SMILES string of the molecule is CC=CC(CCO)OCC. The van der Waals surface area contributed by atoms with Crippen LogP contribution in [0.5, 0.6) is 0 Å². The van der Waals surface area contributed by atoms with Gasteiger partial charge in [-0.2, -0.15) is 0 Å². The summed E-state index contributed by atoms with van der Waals surface area (Å²) in [5, 5.41) is 8.58. The largest absolute Gasteiger partial charge is 0.396 e. The maximum atomic E-state index is 8.58. The maximum absolute atomic E-state index is 8.58. The molecule has 60 valence electrons. The molecule has 2 nitrogen and oxygen atoms in total. The van der Waals surface area contributed by atoms with Gasteiger partial charge in [0.2, 0.25) is 0 Å². The third kappa shape index (κ3) is 4.53. The van der Waals surface area contributed by atoms with Crippen molar-refractivity contribution in [1.29, 1.82) is 0 Å². The Kier molecular flexibility index (Phi) is 6.55. The summed E-state index contributed by atoms with van der Waals surface area (Å²) in [5.74, 6) is 0. The van der Waals surface area contributed by atoms with Crippen LogP contribution in [0.15, 0.2) is 12.2 Å². The molecular weight excluding hydrogens is 128 g/mol. The summed E-state index contributed by atoms with van der Waals surface area (Å²) in [6.07, 6.45) is 4.69. The minimum atomic E-state index is 0.0972. The second-order valence-electron chi connectivity index (χ2n) is 2.03. The van der Waals surface area contributed by atoms with E-state index >= 15 is 0 Å². The maximum Gasteiger partial charge on any atom is 0.0777 e. The molecule has 0 fully saturated rings. The normalized spacial score (nSPS) is 14.3. The summed E-state index contributed by atoms with van der Waals surface area (Å²) in [6.45, 7) is 4.79. The van der Waals surface area contributed by atoms with Gasteiger partial charge in [0.1, 0.15) is 0 Å². The second kappa shape index (κ2) is 6.78. The van der Waals surface area contributed by atoms with Crippen molar-refractivity contribution in [2.75, 3.05) is 13.2 Å². The van der Waals surface area contributed by atoms with Gasteiger partial charge in [-0.05, 0) is 13.8 Å². The van der Waals surface area contributed by atoms with Crippen LogP contribution in [0, 0.1) is 0 Å². The molecule has 0 aromatic rings. The highest BCUT2D eigenvalue weighted by Crippen LogP contribution is 1.98. The van der Waals surface area contributed by atoms with Gasteiger partial charge in [-0.3, -0.25) is 0 Å². The predicted octanol–water partition coefficient (Wildman–Crippen LogP) is 1.35. The molecule has 0 aliphatic carbocycles. The van der Waals surface area contributed by atoms with Crippen LogP contribution in [-0.4, -0.2) is 24.4 Å². The van der Waals surface area contributed by atoms with Gasteiger partial charge in [-0.1, -0.05) is 12.2 Å². The third-order valence-corrected chi connectivity index (χ3v) is 1.20. The Labute approximate surface area is 62.5 Å². The number of rotatable bonds is 5. The Balaban J connectivity index is 3.50. The van der Waals surface area contributed by atoms with E-state index < -0.39 is 0 Å². The van der Waals surface area contributed by atoms with Crippen LogP contribution in [0.3, 0.4) is 0 Å². The van der Waals surface area contributed by atoms with E-state index in [1.165, 1.54) is 0 Å². The van der Waals surface area contributed by atoms with Crippen LogP contribution >= 0.6 is 0 Å². The highest BCUT2D eigenvalue weighted by molar-refractivity contribution is 4.86. The molecule has 0 aliphatic heterocycles. The monoisotopic (exact) mass is 144 g/mol. The number of aliphatic hydroxyl groups excluding tert-OH is 1. The topological polar surface area (TPSA) is 29.5 Å². The van der Waals surface area contributed by atoms with E-state index in [0.717, 1.165) is 0 Å². The second-order valence-corrected chi connectivity index (χ2v) is 2.03. The zero-order valence-corrected chi connectivity index (χ0v) is 6.71. The molecule has 2 heteroatoms. The Morgan fingerprint density at radius 2 is 2.30 bits per heavy atom. The van der Waals surface area contributed by atoms with Gasteiger partial charge in [0.05, 0.1) is 6.10 Å². The molecule has 1 unspecified atom stereocenters. The van der Waals surface area contributed by atoms with Crippen molar-refractivity contribution < 1.29 is 9.84 Å². The zero-order chi connectivity index (χ0) is 7.82. The van der Waals surface area contributed by atoms with Crippen LogP contribution in [0.25, 0.3) is 0 Å². The van der Waals surface area contributed by atoms with E-state index in [1.807, 2.05) is 26.0 Å². The fourth-order valence-corrected chi connectivity index (χ4v) is 0.791. The lowest BCUT2D eigenvalue weighted by atomic mass is 10.2. The molecule has 0 amide bonds. The van der Waals surface area contributed by atoms with Gasteiger partial charge < -0.3 is 9.84 Å². The first-order valence-corrected chi connectivity index (χ1v) is 3.70. The van der Waals surface area contributed by atoms with Gasteiger partial charge >= 0.3 is 0 Å². The van der Waals surface area contributed by atoms with Crippen molar-refractivity contribution in [2.24, 2.45) is 0 Å². The molecule has 0 saturated carbocycles. The summed E-state index contributed by atoms with van der Waals surface area (Å²) in [4.78, 5) is 0. The van der Waals surface area contributed by atoms with E-state index in [0.29, 0.717) is 13.0 Å². The van der Waals surface area contributed by atoms with Crippen LogP contribution < -0.4 is 0 Å². The minimum absolute atomic E-state index is 0.0972. The van der Waals surface area contributed by atoms with Gasteiger partial charge in [0, 0.05) is 19.6 Å². The minimum Gasteiger partial charge on any atom is -0.396 e. The molecule has 0 rings (SSSR count). The molecule has 1 N–H and O–H groups in total. The first kappa shape index (κ1) is 9.66. The third-order valence-electron chi connectivity index (χ3n) is 1.20. The van der Waals surface area contributed by atoms with E-state index in [4.69, 9.17) is 9.84 Å². The molecule has 0 radical (unpaired) electrons. The van der Waals surface area contributed by atoms with E-state index in [9.17, 15) is 0 Å². The fraction of sp³-hybridized carbons (Fsp3) is 0.750. The molecule has 0 aromatic carbocycles. The number of hydrogen-bond acceptors (Lipinski definition) is 2. The van der Waals surface area contributed by atoms with E-state index in [1.54, 1.807) is 0 Å². The molecule has 0 spiro atoms. The molecular formula is C8H16O2. The van der Waals surface area contributed by atoms with Crippen molar-refractivity contribution >= 4 is 0 Å². The van der Waals surface area contributed by atoms with Crippen molar-refractivity contribution in [2.45, 2.75) is 26.4 Å². The quantitative estimate of drug-likeness (QED) is 0.590. The molecule has 10 heavy (non-hydrogen) atoms. The first-order chi connectivity index (χ1) is 4.85. The van der Waals surface area contributed by atoms with E-state index in [2.05, 4.69) is 0 Å². The van der Waals surface area contributed by atoms with E-state index in [-0.39, 0.29) is 12.7 Å². The fourth-order valence-electron chi connectivity index (χ4n) is 0.791. The van der Waals surface area contributed by atoms with Crippen molar-refractivity contribution in [1.82, 2.24) is 0 Å². The average molecular weight is 144 g/mol. The van der Waals surface area contributed by atoms with Gasteiger partial charge in [-0.15, -0.1) is 0 Å². The Morgan fingerprint density at radius 1 is 1.60 bits per heavy atom. The highest BCUT2D eigenvalue weighted by atomic mass is 16.5. The zero-order valence-electron chi connectivity index (χ0n) is 6.71. The van der Waals surface area contributed by atoms with Gasteiger partial charge in [-0.25, -0.2) is 0 Å². The van der Waals surface area contributed by atoms with Crippen molar-refractivity contribution in [3.8, 4) is 0 Å². The van der Waals surface area contributed by atoms with Gasteiger partial charge in [0.25, 0.3) is 0 Å². The smallest absolute Gasteiger partial charge is 0.0777 e. The number of aliphatic hydroxyl groups is 1. The number of allylic oxidation sites excluding steroid dienone is 1. The molecule has 0 aliphatic rings. The van der Waals surface area contributed by atoms with Crippen LogP contribution in [0.1, 0.15) is 20.3 Å². The number of hydrogen-bond donors (Lipinski definition) is 1. The standard InChI is InChI=1S/C8H16O2/c1-3-5-8(6-7-9)10-4-2/h3,5,8-9H,4,6-7H2,1-2H3. The summed E-state index contributed by atoms with van der Waals surface area (Å²) in [7, 11) is 0. The summed E-state index contributed by atoms with van der Waals surface area (Å²) >= 11 is 0. The van der Waals surface area contributed by atoms with Crippen molar-refractivity contribution in [3.63, 3.8) is 0 Å². The molecule has 0 saturated heterocycles. The lowest BCUT2D eigenvalue weighted by molar-refractivity contribution is 0.0756. The first-order valence-electron chi connectivity index (χ1n) is 3.70. The molecule has 0 aromatic heterocycles. The number of ether oxygens (including phenoxy) is 1. The summed E-state index contributed by atoms with van der Waals surface area (Å²) in [5.41, 5.74) is 0. The average Bonchev–Trinajstić information content (AvgIpc) is 1.90. The lowest BCUT2D eigenvalue weighted by Crippen LogP contribution is -2.11. The van der Waals surface area contributed by atoms with Crippen LogP contribution in [-0.2, 0) is 4.74 Å². The summed E-state index contributed by atoms with van der Waals surface area (Å²) in [6, 6.07) is 0. The Hall–Kier alpha value is -0.340. The van der Waals surface area contributed by atoms with Crippen molar-refractivity contribution in [3.05, 3.63) is 12.2 Å². The predicted molar refractivity (Wildman–Crippen MR) is 41.9 cm³/mol. The van der Waals surface area contributed by atoms with Gasteiger partial charge in [0.15, 0.2) is 0 Å². The molecule has 0 bridgehead atoms. The molecule has 1 atom stereocenters. The highest BCUT2D eigenvalue weighted by Gasteiger charge is 2.00. The summed E-state index contributed by atoms with van der Waals surface area (Å²) < 4.78 is 5.28. The Bertz CT molecular complexity index is 83.3.